The highest BCUT2D eigenvalue weighted by Gasteiger charge is 2.31. The Morgan fingerprint density at radius 1 is 0.324 bits per heavy atom. The van der Waals surface area contributed by atoms with Crippen LogP contribution in [0.3, 0.4) is 0 Å². The van der Waals surface area contributed by atoms with Crippen LogP contribution < -0.4 is 0 Å². The number of allylic oxidation sites excluding steroid dienone is 2. The molecule has 0 nitrogen and oxygen atoms in total. The highest BCUT2D eigenvalue weighted by Crippen LogP contribution is 2.52. The van der Waals surface area contributed by atoms with Crippen LogP contribution in [0, 0.1) is 0 Å². The van der Waals surface area contributed by atoms with Crippen LogP contribution in [0.1, 0.15) is 33.4 Å². The molecule has 34 heavy (non-hydrogen) atoms. The molecule has 6 rings (SSSR count). The molecule has 1 aliphatic carbocycles. The molecule has 0 atom stereocenters. The molecule has 1 aliphatic rings. The van der Waals surface area contributed by atoms with Crippen molar-refractivity contribution < 1.29 is 0 Å². The third-order valence-electron chi connectivity index (χ3n) is 6.47. The largest absolute Gasteiger partial charge is 0.0622 e. The molecule has 0 unspecified atom stereocenters. The zero-order valence-corrected chi connectivity index (χ0v) is 18.9. The normalized spacial score (nSPS) is 12.5. The Kier molecular flexibility index (Phi) is 5.26. The fourth-order valence-corrected chi connectivity index (χ4v) is 5.04. The van der Waals surface area contributed by atoms with E-state index in [0.29, 0.717) is 0 Å². The smallest absolute Gasteiger partial charge is 0.000808 e. The van der Waals surface area contributed by atoms with E-state index in [2.05, 4.69) is 146 Å². The highest BCUT2D eigenvalue weighted by atomic mass is 14.3. The summed E-state index contributed by atoms with van der Waals surface area (Å²) in [5.74, 6) is 0. The lowest BCUT2D eigenvalue weighted by Crippen LogP contribution is -1.96. The molecule has 0 fully saturated rings. The second-order valence-electron chi connectivity index (χ2n) is 8.51. The van der Waals surface area contributed by atoms with Gasteiger partial charge in [0.2, 0.25) is 0 Å². The van der Waals surface area contributed by atoms with E-state index in [0.717, 1.165) is 0 Å². The van der Waals surface area contributed by atoms with Crippen LogP contribution in [0.25, 0.3) is 22.3 Å². The topological polar surface area (TPSA) is 0 Å². The van der Waals surface area contributed by atoms with Crippen LogP contribution in [0.2, 0.25) is 0 Å². The summed E-state index contributed by atoms with van der Waals surface area (Å²) in [6, 6.07) is 52.0. The Morgan fingerprint density at radius 2 is 0.706 bits per heavy atom. The van der Waals surface area contributed by atoms with Gasteiger partial charge in [-0.2, -0.15) is 0 Å². The Labute approximate surface area is 201 Å². The molecular weight excluding hydrogens is 408 g/mol. The fraction of sp³-hybridized carbons (Fsp3) is 0. The van der Waals surface area contributed by atoms with E-state index in [4.69, 9.17) is 0 Å². The summed E-state index contributed by atoms with van der Waals surface area (Å²) >= 11 is 0. The summed E-state index contributed by atoms with van der Waals surface area (Å²) < 4.78 is 0. The van der Waals surface area contributed by atoms with Crippen molar-refractivity contribution in [3.8, 4) is 0 Å². The van der Waals surface area contributed by atoms with E-state index in [1.165, 1.54) is 55.7 Å². The van der Waals surface area contributed by atoms with Gasteiger partial charge >= 0.3 is 0 Å². The van der Waals surface area contributed by atoms with Gasteiger partial charge in [0.25, 0.3) is 0 Å². The number of fused-ring (bicyclic) bond motifs is 1. The maximum absolute atomic E-state index is 2.27. The first-order valence-corrected chi connectivity index (χ1v) is 11.7. The Morgan fingerprint density at radius 3 is 1.21 bits per heavy atom. The van der Waals surface area contributed by atoms with E-state index < -0.39 is 0 Å². The third kappa shape index (κ3) is 3.50. The Bertz CT molecular complexity index is 1450. The van der Waals surface area contributed by atoms with Gasteiger partial charge in [-0.25, -0.2) is 0 Å². The summed E-state index contributed by atoms with van der Waals surface area (Å²) in [6.45, 7) is 0. The zero-order valence-electron chi connectivity index (χ0n) is 18.9. The summed E-state index contributed by atoms with van der Waals surface area (Å²) in [6.07, 6.45) is 0. The Hall–Kier alpha value is -4.42. The molecule has 0 saturated carbocycles. The summed E-state index contributed by atoms with van der Waals surface area (Å²) in [7, 11) is 0. The quantitative estimate of drug-likeness (QED) is 0.267. The van der Waals surface area contributed by atoms with Crippen molar-refractivity contribution in [1.29, 1.82) is 0 Å². The highest BCUT2D eigenvalue weighted by molar-refractivity contribution is 6.30. The fourth-order valence-electron chi connectivity index (χ4n) is 5.04. The predicted molar refractivity (Wildman–Crippen MR) is 144 cm³/mol. The lowest BCUT2D eigenvalue weighted by molar-refractivity contribution is 1.53. The third-order valence-corrected chi connectivity index (χ3v) is 6.47. The average molecular weight is 433 g/mol. The van der Waals surface area contributed by atoms with Gasteiger partial charge in [-0.1, -0.05) is 146 Å². The molecule has 0 radical (unpaired) electrons. The van der Waals surface area contributed by atoms with Crippen LogP contribution in [-0.4, -0.2) is 0 Å². The molecule has 0 bridgehead atoms. The standard InChI is InChI=1S/C34H24/c1-5-15-25(16-6-1)31(26-17-7-2-8-18-26)34-30-24-14-13-23-29(30)32(27-19-9-3-10-20-27)33(34)28-21-11-4-12-22-28/h1-24H. The number of rotatable bonds is 4. The van der Waals surface area contributed by atoms with Crippen molar-refractivity contribution in [3.05, 3.63) is 179 Å². The molecule has 0 amide bonds. The van der Waals surface area contributed by atoms with E-state index in [1.54, 1.807) is 0 Å². The van der Waals surface area contributed by atoms with Gasteiger partial charge in [-0.15, -0.1) is 0 Å². The molecule has 5 aromatic carbocycles. The van der Waals surface area contributed by atoms with E-state index in [1.807, 2.05) is 0 Å². The van der Waals surface area contributed by atoms with Crippen molar-refractivity contribution in [1.82, 2.24) is 0 Å². The Balaban J connectivity index is 1.80. The lowest BCUT2D eigenvalue weighted by Gasteiger charge is -2.18. The molecule has 0 heterocycles. The van der Waals surface area contributed by atoms with Gasteiger partial charge in [-0.3, -0.25) is 0 Å². The second-order valence-corrected chi connectivity index (χ2v) is 8.51. The monoisotopic (exact) mass is 432 g/mol. The second kappa shape index (κ2) is 8.84. The number of hydrogen-bond acceptors (Lipinski definition) is 0. The minimum atomic E-state index is 1.22. The summed E-state index contributed by atoms with van der Waals surface area (Å²) in [5.41, 5.74) is 12.6. The lowest BCUT2D eigenvalue weighted by atomic mass is 9.85. The first-order valence-electron chi connectivity index (χ1n) is 11.7. The molecular formula is C34H24. The van der Waals surface area contributed by atoms with Crippen molar-refractivity contribution in [2.24, 2.45) is 0 Å². The molecule has 0 N–H and O–H groups in total. The van der Waals surface area contributed by atoms with Gasteiger partial charge in [0.1, 0.15) is 0 Å². The van der Waals surface area contributed by atoms with E-state index >= 15 is 0 Å². The van der Waals surface area contributed by atoms with Gasteiger partial charge in [0.15, 0.2) is 0 Å². The van der Waals surface area contributed by atoms with Crippen LogP contribution in [0.4, 0.5) is 0 Å². The maximum Gasteiger partial charge on any atom is -0.000808 e. The van der Waals surface area contributed by atoms with Crippen molar-refractivity contribution in [2.75, 3.05) is 0 Å². The molecule has 0 spiro atoms. The van der Waals surface area contributed by atoms with Crippen LogP contribution in [-0.2, 0) is 0 Å². The molecule has 0 saturated heterocycles. The minimum Gasteiger partial charge on any atom is -0.0622 e. The molecule has 0 aromatic heterocycles. The van der Waals surface area contributed by atoms with Gasteiger partial charge in [0, 0.05) is 0 Å². The zero-order chi connectivity index (χ0) is 22.7. The van der Waals surface area contributed by atoms with Crippen LogP contribution in [0.5, 0.6) is 0 Å². The van der Waals surface area contributed by atoms with E-state index in [-0.39, 0.29) is 0 Å². The van der Waals surface area contributed by atoms with Gasteiger partial charge in [-0.05, 0) is 55.7 Å². The molecule has 0 aliphatic heterocycles. The van der Waals surface area contributed by atoms with Gasteiger partial charge in [0.05, 0.1) is 0 Å². The molecule has 160 valence electrons. The SMILES string of the molecule is c1ccc(C2=C(c3ccccc3)c3ccccc3C2=C(c2ccccc2)c2ccccc2)cc1. The van der Waals surface area contributed by atoms with Crippen molar-refractivity contribution in [3.63, 3.8) is 0 Å². The maximum atomic E-state index is 2.27. The first-order chi connectivity index (χ1) is 16.9. The van der Waals surface area contributed by atoms with Gasteiger partial charge < -0.3 is 0 Å². The van der Waals surface area contributed by atoms with Crippen molar-refractivity contribution in [2.45, 2.75) is 0 Å². The molecule has 5 aromatic rings. The van der Waals surface area contributed by atoms with Crippen LogP contribution >= 0.6 is 0 Å². The first kappa shape index (κ1) is 20.2. The summed E-state index contributed by atoms with van der Waals surface area (Å²) in [5, 5.41) is 0. The summed E-state index contributed by atoms with van der Waals surface area (Å²) in [4.78, 5) is 0. The van der Waals surface area contributed by atoms with Crippen LogP contribution in [0.15, 0.2) is 146 Å². The van der Waals surface area contributed by atoms with Crippen molar-refractivity contribution >= 4 is 22.3 Å². The average Bonchev–Trinajstić information content (AvgIpc) is 3.26. The number of benzene rings is 5. The number of hydrogen-bond donors (Lipinski definition) is 0. The van der Waals surface area contributed by atoms with E-state index in [9.17, 15) is 0 Å². The minimum absolute atomic E-state index is 1.22. The predicted octanol–water partition coefficient (Wildman–Crippen LogP) is 8.62. The molecule has 0 heteroatoms.